The van der Waals surface area contributed by atoms with E-state index in [9.17, 15) is 13.2 Å². The van der Waals surface area contributed by atoms with Crippen molar-refractivity contribution in [3.8, 4) is 0 Å². The second-order valence-electron chi connectivity index (χ2n) is 4.84. The summed E-state index contributed by atoms with van der Waals surface area (Å²) in [6, 6.07) is 4.01. The van der Waals surface area contributed by atoms with Crippen molar-refractivity contribution in [2.24, 2.45) is 5.73 Å². The molecule has 0 radical (unpaired) electrons. The van der Waals surface area contributed by atoms with Crippen LogP contribution in [0.25, 0.3) is 0 Å². The van der Waals surface area contributed by atoms with Gasteiger partial charge in [0, 0.05) is 25.3 Å². The Morgan fingerprint density at radius 2 is 1.59 bits per heavy atom. The van der Waals surface area contributed by atoms with Crippen molar-refractivity contribution in [3.63, 3.8) is 0 Å². The minimum absolute atomic E-state index is 0.108. The third-order valence-electron chi connectivity index (χ3n) is 2.52. The highest BCUT2D eigenvalue weighted by atomic mass is 19.4. The van der Waals surface area contributed by atoms with Crippen molar-refractivity contribution in [1.29, 1.82) is 0 Å². The van der Waals surface area contributed by atoms with Crippen LogP contribution in [0.2, 0.25) is 0 Å². The molecule has 0 bridgehead atoms. The maximum absolute atomic E-state index is 12.8. The Hall–Kier alpha value is -1.23. The molecule has 0 saturated carbocycles. The molecule has 1 aromatic rings. The summed E-state index contributed by atoms with van der Waals surface area (Å²) in [6.45, 7) is 3.13. The first kappa shape index (κ1) is 13.8. The van der Waals surface area contributed by atoms with Gasteiger partial charge in [-0.05, 0) is 37.6 Å². The monoisotopic (exact) mass is 246 g/mol. The Morgan fingerprint density at radius 3 is 1.94 bits per heavy atom. The van der Waals surface area contributed by atoms with Crippen molar-refractivity contribution >= 4 is 5.69 Å². The van der Waals surface area contributed by atoms with Crippen LogP contribution in [0.15, 0.2) is 18.2 Å². The summed E-state index contributed by atoms with van der Waals surface area (Å²) >= 11 is 0. The number of anilines is 1. The average Bonchev–Trinajstić information content (AvgIpc) is 2.14. The molecule has 0 atom stereocenters. The highest BCUT2D eigenvalue weighted by molar-refractivity contribution is 5.52. The summed E-state index contributed by atoms with van der Waals surface area (Å²) in [6.07, 6.45) is -4.38. The number of nitrogens with two attached hydrogens (primary N) is 1. The Kier molecular flexibility index (Phi) is 3.43. The van der Waals surface area contributed by atoms with Crippen LogP contribution >= 0.6 is 0 Å². The van der Waals surface area contributed by atoms with Crippen LogP contribution in [-0.4, -0.2) is 14.1 Å². The zero-order chi connectivity index (χ0) is 13.4. The molecule has 2 nitrogen and oxygen atoms in total. The second kappa shape index (κ2) is 4.22. The van der Waals surface area contributed by atoms with E-state index in [2.05, 4.69) is 0 Å². The number of halogens is 3. The first-order valence-corrected chi connectivity index (χ1v) is 5.21. The molecule has 96 valence electrons. The Bertz CT molecular complexity index is 403. The summed E-state index contributed by atoms with van der Waals surface area (Å²) in [4.78, 5) is 1.75. The van der Waals surface area contributed by atoms with Gasteiger partial charge in [-0.2, -0.15) is 13.2 Å². The third-order valence-corrected chi connectivity index (χ3v) is 2.52. The normalized spacial score (nSPS) is 12.7. The summed E-state index contributed by atoms with van der Waals surface area (Å²) in [5, 5.41) is 0. The molecule has 1 aromatic carbocycles. The molecule has 0 saturated heterocycles. The van der Waals surface area contributed by atoms with Crippen molar-refractivity contribution in [1.82, 2.24) is 0 Å². The van der Waals surface area contributed by atoms with Gasteiger partial charge < -0.3 is 10.6 Å². The molecule has 2 N–H and O–H groups in total. The van der Waals surface area contributed by atoms with Gasteiger partial charge in [-0.3, -0.25) is 0 Å². The topological polar surface area (TPSA) is 29.3 Å². The molecular weight excluding hydrogens is 229 g/mol. The summed E-state index contributed by atoms with van der Waals surface area (Å²) in [5.41, 5.74) is 4.91. The van der Waals surface area contributed by atoms with Gasteiger partial charge in [0.2, 0.25) is 0 Å². The van der Waals surface area contributed by atoms with Gasteiger partial charge in [0.1, 0.15) is 0 Å². The SMILES string of the molecule is CN(C)c1ccc(C(F)(F)F)c(C(C)(C)N)c1. The fourth-order valence-corrected chi connectivity index (χ4v) is 1.59. The largest absolute Gasteiger partial charge is 0.416 e. The number of rotatable bonds is 2. The van der Waals surface area contributed by atoms with Crippen LogP contribution in [0, 0.1) is 0 Å². The molecule has 1 rings (SSSR count). The number of benzene rings is 1. The minimum atomic E-state index is -4.38. The lowest BCUT2D eigenvalue weighted by Crippen LogP contribution is -2.32. The van der Waals surface area contributed by atoms with Crippen LogP contribution in [0.1, 0.15) is 25.0 Å². The summed E-state index contributed by atoms with van der Waals surface area (Å²) < 4.78 is 38.5. The molecule has 0 aliphatic carbocycles. The van der Waals surface area contributed by atoms with Crippen LogP contribution in [0.4, 0.5) is 18.9 Å². The lowest BCUT2D eigenvalue weighted by molar-refractivity contribution is -0.138. The van der Waals surface area contributed by atoms with E-state index in [4.69, 9.17) is 5.73 Å². The standard InChI is InChI=1S/C12H17F3N2/c1-11(2,16)10-7-8(17(3)4)5-6-9(10)12(13,14)15/h5-7H,16H2,1-4H3. The molecular formula is C12H17F3N2. The lowest BCUT2D eigenvalue weighted by atomic mass is 9.90. The quantitative estimate of drug-likeness (QED) is 0.869. The van der Waals surface area contributed by atoms with Gasteiger partial charge in [-0.25, -0.2) is 0 Å². The molecule has 5 heteroatoms. The van der Waals surface area contributed by atoms with Crippen LogP contribution in [0.5, 0.6) is 0 Å². The van der Waals surface area contributed by atoms with Crippen molar-refractivity contribution in [3.05, 3.63) is 29.3 Å². The molecule has 0 aliphatic heterocycles. The average molecular weight is 246 g/mol. The van der Waals surface area contributed by atoms with Gasteiger partial charge in [-0.1, -0.05) is 0 Å². The van der Waals surface area contributed by atoms with E-state index in [1.807, 2.05) is 0 Å². The zero-order valence-electron chi connectivity index (χ0n) is 10.4. The van der Waals surface area contributed by atoms with Crippen LogP contribution < -0.4 is 10.6 Å². The lowest BCUT2D eigenvalue weighted by Gasteiger charge is -2.26. The maximum Gasteiger partial charge on any atom is 0.416 e. The highest BCUT2D eigenvalue weighted by Gasteiger charge is 2.36. The molecule has 0 heterocycles. The fourth-order valence-electron chi connectivity index (χ4n) is 1.59. The fraction of sp³-hybridized carbons (Fsp3) is 0.500. The van der Waals surface area contributed by atoms with Crippen molar-refractivity contribution < 1.29 is 13.2 Å². The molecule has 0 aromatic heterocycles. The van der Waals surface area contributed by atoms with Crippen LogP contribution in [0.3, 0.4) is 0 Å². The van der Waals surface area contributed by atoms with E-state index in [-0.39, 0.29) is 5.56 Å². The van der Waals surface area contributed by atoms with Crippen molar-refractivity contribution in [2.45, 2.75) is 25.6 Å². The van der Waals surface area contributed by atoms with E-state index in [0.29, 0.717) is 5.69 Å². The Morgan fingerprint density at radius 1 is 1.06 bits per heavy atom. The number of alkyl halides is 3. The highest BCUT2D eigenvalue weighted by Crippen LogP contribution is 2.37. The number of hydrogen-bond acceptors (Lipinski definition) is 2. The summed E-state index contributed by atoms with van der Waals surface area (Å²) in [5.74, 6) is 0. The predicted molar refractivity (Wildman–Crippen MR) is 63.0 cm³/mol. The van der Waals surface area contributed by atoms with Gasteiger partial charge in [0.05, 0.1) is 5.56 Å². The molecule has 0 fully saturated rings. The van der Waals surface area contributed by atoms with Gasteiger partial charge in [0.15, 0.2) is 0 Å². The number of hydrogen-bond donors (Lipinski definition) is 1. The van der Waals surface area contributed by atoms with E-state index in [0.717, 1.165) is 6.07 Å². The van der Waals surface area contributed by atoms with E-state index in [1.165, 1.54) is 12.1 Å². The second-order valence-corrected chi connectivity index (χ2v) is 4.84. The maximum atomic E-state index is 12.8. The molecule has 0 spiro atoms. The first-order valence-electron chi connectivity index (χ1n) is 5.21. The molecule has 0 aliphatic rings. The number of nitrogens with zero attached hydrogens (tertiary/aromatic N) is 1. The first-order chi connectivity index (χ1) is 7.53. The van der Waals surface area contributed by atoms with Gasteiger partial charge >= 0.3 is 6.18 Å². The molecule has 0 amide bonds. The van der Waals surface area contributed by atoms with E-state index in [1.54, 1.807) is 32.8 Å². The molecule has 17 heavy (non-hydrogen) atoms. The van der Waals surface area contributed by atoms with E-state index >= 15 is 0 Å². The van der Waals surface area contributed by atoms with Gasteiger partial charge in [0.25, 0.3) is 0 Å². The van der Waals surface area contributed by atoms with Crippen molar-refractivity contribution in [2.75, 3.05) is 19.0 Å². The third kappa shape index (κ3) is 3.12. The Labute approximate surface area is 99.2 Å². The van der Waals surface area contributed by atoms with Crippen LogP contribution in [-0.2, 0) is 11.7 Å². The van der Waals surface area contributed by atoms with E-state index < -0.39 is 17.3 Å². The molecule has 0 unspecified atom stereocenters. The smallest absolute Gasteiger partial charge is 0.378 e. The van der Waals surface area contributed by atoms with Gasteiger partial charge in [-0.15, -0.1) is 0 Å². The zero-order valence-corrected chi connectivity index (χ0v) is 10.4. The summed E-state index contributed by atoms with van der Waals surface area (Å²) in [7, 11) is 3.55. The minimum Gasteiger partial charge on any atom is -0.378 e. The Balaban J connectivity index is 3.43. The predicted octanol–water partition coefficient (Wildman–Crippen LogP) is 2.97.